The molecule has 0 fully saturated rings. The highest BCUT2D eigenvalue weighted by molar-refractivity contribution is 5.17. The highest BCUT2D eigenvalue weighted by Crippen LogP contribution is 2.05. The van der Waals surface area contributed by atoms with Gasteiger partial charge in [-0.05, 0) is 19.0 Å². The van der Waals surface area contributed by atoms with Crippen molar-refractivity contribution in [1.82, 2.24) is 19.5 Å². The van der Waals surface area contributed by atoms with E-state index in [1.54, 1.807) is 18.6 Å². The molecule has 0 radical (unpaired) electrons. The Hall–Kier alpha value is -1.75. The van der Waals surface area contributed by atoms with Gasteiger partial charge < -0.3 is 5.73 Å². The predicted molar refractivity (Wildman–Crippen MR) is 56.6 cm³/mol. The van der Waals surface area contributed by atoms with Crippen LogP contribution in [-0.2, 0) is 6.42 Å². The second-order valence-corrected chi connectivity index (χ2v) is 3.31. The lowest BCUT2D eigenvalue weighted by Gasteiger charge is -2.04. The van der Waals surface area contributed by atoms with Gasteiger partial charge >= 0.3 is 0 Å². The molecule has 0 bridgehead atoms. The average molecular weight is 203 g/mol. The first kappa shape index (κ1) is 9.79. The maximum Gasteiger partial charge on any atom is 0.235 e. The quantitative estimate of drug-likeness (QED) is 0.787. The van der Waals surface area contributed by atoms with Gasteiger partial charge in [0.1, 0.15) is 5.82 Å². The summed E-state index contributed by atoms with van der Waals surface area (Å²) < 4.78 is 1.85. The number of hydrogen-bond donors (Lipinski definition) is 1. The van der Waals surface area contributed by atoms with E-state index in [1.165, 1.54) is 0 Å². The first-order valence-corrected chi connectivity index (χ1v) is 4.82. The SMILES string of the molecule is Cc1cnc(-n2ccnc2CCN)nc1. The van der Waals surface area contributed by atoms with Crippen LogP contribution < -0.4 is 5.73 Å². The molecule has 0 saturated carbocycles. The lowest BCUT2D eigenvalue weighted by atomic mass is 10.4. The van der Waals surface area contributed by atoms with Crippen molar-refractivity contribution in [1.29, 1.82) is 0 Å². The zero-order chi connectivity index (χ0) is 10.7. The zero-order valence-electron chi connectivity index (χ0n) is 8.59. The largest absolute Gasteiger partial charge is 0.330 e. The van der Waals surface area contributed by atoms with Crippen molar-refractivity contribution in [3.05, 3.63) is 36.2 Å². The Morgan fingerprint density at radius 3 is 2.67 bits per heavy atom. The molecule has 2 aromatic heterocycles. The molecule has 2 heterocycles. The third-order valence-electron chi connectivity index (χ3n) is 2.07. The minimum Gasteiger partial charge on any atom is -0.330 e. The molecule has 2 rings (SSSR count). The maximum absolute atomic E-state index is 5.50. The summed E-state index contributed by atoms with van der Waals surface area (Å²) in [4.78, 5) is 12.7. The molecule has 15 heavy (non-hydrogen) atoms. The van der Waals surface area contributed by atoms with E-state index in [9.17, 15) is 0 Å². The van der Waals surface area contributed by atoms with E-state index in [-0.39, 0.29) is 0 Å². The summed E-state index contributed by atoms with van der Waals surface area (Å²) >= 11 is 0. The van der Waals surface area contributed by atoms with Crippen LogP contribution in [0, 0.1) is 6.92 Å². The van der Waals surface area contributed by atoms with Gasteiger partial charge in [-0.1, -0.05) is 0 Å². The molecule has 78 valence electrons. The van der Waals surface area contributed by atoms with Crippen LogP contribution >= 0.6 is 0 Å². The van der Waals surface area contributed by atoms with Crippen LogP contribution in [0.3, 0.4) is 0 Å². The van der Waals surface area contributed by atoms with Gasteiger partial charge in [-0.3, -0.25) is 4.57 Å². The van der Waals surface area contributed by atoms with Crippen molar-refractivity contribution in [2.75, 3.05) is 6.54 Å². The highest BCUT2D eigenvalue weighted by atomic mass is 15.2. The Morgan fingerprint density at radius 2 is 2.00 bits per heavy atom. The van der Waals surface area contributed by atoms with E-state index in [0.717, 1.165) is 17.8 Å². The number of nitrogens with zero attached hydrogens (tertiary/aromatic N) is 4. The minimum absolute atomic E-state index is 0.572. The summed E-state index contributed by atoms with van der Waals surface area (Å²) in [6.45, 7) is 2.53. The number of aromatic nitrogens is 4. The van der Waals surface area contributed by atoms with Crippen molar-refractivity contribution in [3.63, 3.8) is 0 Å². The second-order valence-electron chi connectivity index (χ2n) is 3.31. The summed E-state index contributed by atoms with van der Waals surface area (Å²) in [5.74, 6) is 1.53. The van der Waals surface area contributed by atoms with Crippen molar-refractivity contribution >= 4 is 0 Å². The molecule has 2 aromatic rings. The monoisotopic (exact) mass is 203 g/mol. The maximum atomic E-state index is 5.50. The molecule has 0 unspecified atom stereocenters. The normalized spacial score (nSPS) is 10.5. The molecule has 5 heteroatoms. The van der Waals surface area contributed by atoms with E-state index < -0.39 is 0 Å². The fraction of sp³-hybridized carbons (Fsp3) is 0.300. The molecule has 0 atom stereocenters. The summed E-state index contributed by atoms with van der Waals surface area (Å²) in [6, 6.07) is 0. The van der Waals surface area contributed by atoms with Crippen LogP contribution in [0.2, 0.25) is 0 Å². The Labute approximate surface area is 88.0 Å². The Morgan fingerprint density at radius 1 is 1.27 bits per heavy atom. The summed E-state index contributed by atoms with van der Waals surface area (Å²) in [7, 11) is 0. The Kier molecular flexibility index (Phi) is 2.73. The molecule has 0 spiro atoms. The number of aryl methyl sites for hydroxylation is 1. The first-order chi connectivity index (χ1) is 7.31. The van der Waals surface area contributed by atoms with Crippen molar-refractivity contribution in [2.24, 2.45) is 5.73 Å². The molecule has 0 amide bonds. The predicted octanol–water partition coefficient (Wildman–Crippen LogP) is 0.472. The van der Waals surface area contributed by atoms with Gasteiger partial charge in [0, 0.05) is 31.2 Å². The third kappa shape index (κ3) is 2.02. The van der Waals surface area contributed by atoms with E-state index in [0.29, 0.717) is 12.5 Å². The molecular weight excluding hydrogens is 190 g/mol. The number of imidazole rings is 1. The first-order valence-electron chi connectivity index (χ1n) is 4.82. The second kappa shape index (κ2) is 4.18. The number of rotatable bonds is 3. The molecular formula is C10H13N5. The molecule has 5 nitrogen and oxygen atoms in total. The minimum atomic E-state index is 0.572. The van der Waals surface area contributed by atoms with Crippen LogP contribution in [0.4, 0.5) is 0 Å². The van der Waals surface area contributed by atoms with E-state index in [4.69, 9.17) is 5.73 Å². The van der Waals surface area contributed by atoms with Gasteiger partial charge in [-0.2, -0.15) is 0 Å². The number of nitrogens with two attached hydrogens (primary N) is 1. The number of hydrogen-bond acceptors (Lipinski definition) is 4. The van der Waals surface area contributed by atoms with Gasteiger partial charge in [0.25, 0.3) is 0 Å². The molecule has 0 aliphatic heterocycles. The van der Waals surface area contributed by atoms with Crippen molar-refractivity contribution < 1.29 is 0 Å². The lowest BCUT2D eigenvalue weighted by Crippen LogP contribution is -2.10. The Balaban J connectivity index is 2.36. The van der Waals surface area contributed by atoms with E-state index in [2.05, 4.69) is 15.0 Å². The summed E-state index contributed by atoms with van der Waals surface area (Å²) in [5, 5.41) is 0. The van der Waals surface area contributed by atoms with Crippen LogP contribution in [-0.4, -0.2) is 26.1 Å². The summed E-state index contributed by atoms with van der Waals surface area (Å²) in [5.41, 5.74) is 6.54. The highest BCUT2D eigenvalue weighted by Gasteiger charge is 2.05. The molecule has 0 aliphatic rings. The van der Waals surface area contributed by atoms with Crippen LogP contribution in [0.25, 0.3) is 5.95 Å². The van der Waals surface area contributed by atoms with Crippen LogP contribution in [0.15, 0.2) is 24.8 Å². The summed E-state index contributed by atoms with van der Waals surface area (Å²) in [6.07, 6.45) is 7.87. The topological polar surface area (TPSA) is 69.6 Å². The van der Waals surface area contributed by atoms with Crippen LogP contribution in [0.5, 0.6) is 0 Å². The average Bonchev–Trinajstić information content (AvgIpc) is 2.68. The standard InChI is InChI=1S/C10H13N5/c1-8-6-13-10(14-7-8)15-5-4-12-9(15)2-3-11/h4-7H,2-3,11H2,1H3. The van der Waals surface area contributed by atoms with Crippen molar-refractivity contribution in [2.45, 2.75) is 13.3 Å². The van der Waals surface area contributed by atoms with E-state index >= 15 is 0 Å². The van der Waals surface area contributed by atoms with Gasteiger partial charge in [0.15, 0.2) is 0 Å². The van der Waals surface area contributed by atoms with Crippen molar-refractivity contribution in [3.8, 4) is 5.95 Å². The molecule has 2 N–H and O–H groups in total. The van der Waals surface area contributed by atoms with Gasteiger partial charge in [0.05, 0.1) is 0 Å². The van der Waals surface area contributed by atoms with E-state index in [1.807, 2.05) is 17.7 Å². The molecule has 0 aromatic carbocycles. The van der Waals surface area contributed by atoms with Gasteiger partial charge in [-0.25, -0.2) is 15.0 Å². The van der Waals surface area contributed by atoms with Gasteiger partial charge in [-0.15, -0.1) is 0 Å². The fourth-order valence-corrected chi connectivity index (χ4v) is 1.34. The third-order valence-corrected chi connectivity index (χ3v) is 2.07. The zero-order valence-corrected chi connectivity index (χ0v) is 8.59. The lowest BCUT2D eigenvalue weighted by molar-refractivity contribution is 0.801. The molecule has 0 aliphatic carbocycles. The smallest absolute Gasteiger partial charge is 0.235 e. The fourth-order valence-electron chi connectivity index (χ4n) is 1.34. The molecule has 0 saturated heterocycles. The van der Waals surface area contributed by atoms with Crippen LogP contribution in [0.1, 0.15) is 11.4 Å². The Bertz CT molecular complexity index is 431. The van der Waals surface area contributed by atoms with Gasteiger partial charge in [0.2, 0.25) is 5.95 Å².